The number of hydrogen-bond donors (Lipinski definition) is 1. The Bertz CT molecular complexity index is 500. The van der Waals surface area contributed by atoms with Gasteiger partial charge in [-0.15, -0.1) is 0 Å². The molecule has 1 fully saturated rings. The van der Waals surface area contributed by atoms with Crippen LogP contribution >= 0.6 is 0 Å². The van der Waals surface area contributed by atoms with Crippen LogP contribution in [0.1, 0.15) is 18.1 Å². The number of carbonyl (C=O) groups is 2. The lowest BCUT2D eigenvalue weighted by atomic mass is 10.0. The molecule has 0 saturated carbocycles. The summed E-state index contributed by atoms with van der Waals surface area (Å²) in [7, 11) is 0. The molecule has 1 heterocycles. The third kappa shape index (κ3) is 3.17. The molecule has 5 heteroatoms. The molecule has 0 aliphatic carbocycles. The smallest absolute Gasteiger partial charge is 0.328 e. The molecule has 20 heavy (non-hydrogen) atoms. The molecule has 0 radical (unpaired) electrons. The summed E-state index contributed by atoms with van der Waals surface area (Å²) in [5.41, 5.74) is 2.09. The molecule has 1 aromatic carbocycles. The van der Waals surface area contributed by atoms with Crippen LogP contribution in [0.3, 0.4) is 0 Å². The van der Waals surface area contributed by atoms with Gasteiger partial charge in [0.25, 0.3) is 0 Å². The molecule has 0 bridgehead atoms. The first kappa shape index (κ1) is 14.5. The molecular formula is C15H19NO4. The Kier molecular flexibility index (Phi) is 4.74. The summed E-state index contributed by atoms with van der Waals surface area (Å²) in [6.45, 7) is 2.84. The lowest BCUT2D eigenvalue weighted by molar-refractivity contribution is -0.158. The zero-order chi connectivity index (χ0) is 14.5. The minimum Gasteiger partial charge on any atom is -0.480 e. The second-order valence-corrected chi connectivity index (χ2v) is 4.82. The van der Waals surface area contributed by atoms with E-state index in [1.807, 2.05) is 31.2 Å². The van der Waals surface area contributed by atoms with Crippen LogP contribution in [-0.4, -0.2) is 47.7 Å². The number of nitrogens with zero attached hydrogens (tertiary/aromatic N) is 1. The van der Waals surface area contributed by atoms with E-state index in [0.717, 1.165) is 17.5 Å². The number of aryl methyl sites for hydroxylation is 1. The SMILES string of the molecule is CCc1ccccc1CC(=O)N1CCOCC1C(=O)O. The summed E-state index contributed by atoms with van der Waals surface area (Å²) < 4.78 is 5.14. The van der Waals surface area contributed by atoms with E-state index < -0.39 is 12.0 Å². The number of rotatable bonds is 4. The van der Waals surface area contributed by atoms with Crippen molar-refractivity contribution in [1.82, 2.24) is 4.90 Å². The van der Waals surface area contributed by atoms with Crippen LogP contribution in [0.4, 0.5) is 0 Å². The van der Waals surface area contributed by atoms with E-state index in [4.69, 9.17) is 9.84 Å². The van der Waals surface area contributed by atoms with Gasteiger partial charge in [0, 0.05) is 6.54 Å². The molecule has 1 amide bonds. The van der Waals surface area contributed by atoms with Gasteiger partial charge >= 0.3 is 5.97 Å². The van der Waals surface area contributed by atoms with Gasteiger partial charge in [-0.05, 0) is 17.5 Å². The first-order chi connectivity index (χ1) is 9.63. The molecule has 1 saturated heterocycles. The van der Waals surface area contributed by atoms with E-state index in [0.29, 0.717) is 13.2 Å². The van der Waals surface area contributed by atoms with Gasteiger partial charge in [-0.2, -0.15) is 0 Å². The molecule has 1 aromatic rings. The minimum atomic E-state index is -1.01. The average molecular weight is 277 g/mol. The van der Waals surface area contributed by atoms with Crippen LogP contribution in [0, 0.1) is 0 Å². The lowest BCUT2D eigenvalue weighted by Crippen LogP contribution is -2.53. The van der Waals surface area contributed by atoms with E-state index >= 15 is 0 Å². The molecule has 2 rings (SSSR count). The number of carboxylic acids is 1. The fourth-order valence-corrected chi connectivity index (χ4v) is 2.45. The molecule has 0 spiro atoms. The Hall–Kier alpha value is -1.88. The summed E-state index contributed by atoms with van der Waals surface area (Å²) in [5.74, 6) is -1.16. The second-order valence-electron chi connectivity index (χ2n) is 4.82. The zero-order valence-corrected chi connectivity index (χ0v) is 11.5. The molecular weight excluding hydrogens is 258 g/mol. The van der Waals surface area contributed by atoms with Crippen LogP contribution in [0.15, 0.2) is 24.3 Å². The highest BCUT2D eigenvalue weighted by molar-refractivity contribution is 5.85. The van der Waals surface area contributed by atoms with Gasteiger partial charge in [0.2, 0.25) is 5.91 Å². The molecule has 1 aliphatic heterocycles. The third-order valence-electron chi connectivity index (χ3n) is 3.57. The van der Waals surface area contributed by atoms with Crippen molar-refractivity contribution < 1.29 is 19.4 Å². The summed E-state index contributed by atoms with van der Waals surface area (Å²) in [4.78, 5) is 24.9. The maximum absolute atomic E-state index is 12.4. The van der Waals surface area contributed by atoms with Crippen molar-refractivity contribution in [3.05, 3.63) is 35.4 Å². The monoisotopic (exact) mass is 277 g/mol. The van der Waals surface area contributed by atoms with Crippen molar-refractivity contribution in [3.8, 4) is 0 Å². The fourth-order valence-electron chi connectivity index (χ4n) is 2.45. The fraction of sp³-hybridized carbons (Fsp3) is 0.467. The van der Waals surface area contributed by atoms with Crippen molar-refractivity contribution in [2.75, 3.05) is 19.8 Å². The third-order valence-corrected chi connectivity index (χ3v) is 3.57. The number of carbonyl (C=O) groups excluding carboxylic acids is 1. The van der Waals surface area contributed by atoms with Crippen LogP contribution in [0.25, 0.3) is 0 Å². The molecule has 1 aliphatic rings. The number of benzene rings is 1. The normalized spacial score (nSPS) is 18.9. The highest BCUT2D eigenvalue weighted by atomic mass is 16.5. The Morgan fingerprint density at radius 1 is 1.35 bits per heavy atom. The quantitative estimate of drug-likeness (QED) is 0.895. The van der Waals surface area contributed by atoms with E-state index in [-0.39, 0.29) is 18.9 Å². The van der Waals surface area contributed by atoms with Gasteiger partial charge in [-0.1, -0.05) is 31.2 Å². The van der Waals surface area contributed by atoms with Crippen LogP contribution in [0.5, 0.6) is 0 Å². The van der Waals surface area contributed by atoms with Gasteiger partial charge in [0.1, 0.15) is 0 Å². The standard InChI is InChI=1S/C15H19NO4/c1-2-11-5-3-4-6-12(11)9-14(17)16-7-8-20-10-13(16)15(18)19/h3-6,13H,2,7-10H2,1H3,(H,18,19). The molecule has 0 aromatic heterocycles. The molecule has 108 valence electrons. The predicted octanol–water partition coefficient (Wildman–Crippen LogP) is 1.10. The number of aliphatic carboxylic acids is 1. The largest absolute Gasteiger partial charge is 0.480 e. The van der Waals surface area contributed by atoms with Crippen molar-refractivity contribution in [2.24, 2.45) is 0 Å². The van der Waals surface area contributed by atoms with E-state index in [9.17, 15) is 9.59 Å². The van der Waals surface area contributed by atoms with Crippen LogP contribution in [-0.2, 0) is 27.2 Å². The Balaban J connectivity index is 2.12. The number of hydrogen-bond acceptors (Lipinski definition) is 3. The van der Waals surface area contributed by atoms with Gasteiger partial charge < -0.3 is 14.7 Å². The van der Waals surface area contributed by atoms with E-state index in [1.165, 1.54) is 4.90 Å². The van der Waals surface area contributed by atoms with Crippen molar-refractivity contribution >= 4 is 11.9 Å². The van der Waals surface area contributed by atoms with Crippen LogP contribution in [0.2, 0.25) is 0 Å². The Morgan fingerprint density at radius 2 is 2.05 bits per heavy atom. The van der Waals surface area contributed by atoms with Gasteiger partial charge in [-0.25, -0.2) is 4.79 Å². The molecule has 1 atom stereocenters. The maximum atomic E-state index is 12.4. The minimum absolute atomic E-state index is 0.0660. The van der Waals surface area contributed by atoms with E-state index in [1.54, 1.807) is 0 Å². The second kappa shape index (κ2) is 6.52. The number of morpholine rings is 1. The number of amides is 1. The highest BCUT2D eigenvalue weighted by Gasteiger charge is 2.32. The summed E-state index contributed by atoms with van der Waals surface area (Å²) in [5, 5.41) is 9.15. The summed E-state index contributed by atoms with van der Waals surface area (Å²) in [6, 6.07) is 6.89. The lowest BCUT2D eigenvalue weighted by Gasteiger charge is -2.33. The van der Waals surface area contributed by atoms with Crippen molar-refractivity contribution in [2.45, 2.75) is 25.8 Å². The summed E-state index contributed by atoms with van der Waals surface area (Å²) in [6.07, 6.45) is 1.10. The molecule has 1 N–H and O–H groups in total. The predicted molar refractivity (Wildman–Crippen MR) is 73.5 cm³/mol. The number of carboxylic acid groups (broad SMARTS) is 1. The Labute approximate surface area is 118 Å². The van der Waals surface area contributed by atoms with Gasteiger partial charge in [-0.3, -0.25) is 4.79 Å². The Morgan fingerprint density at radius 3 is 2.70 bits per heavy atom. The first-order valence-electron chi connectivity index (χ1n) is 6.80. The molecule has 5 nitrogen and oxygen atoms in total. The number of ether oxygens (including phenoxy) is 1. The van der Waals surface area contributed by atoms with Gasteiger partial charge in [0.15, 0.2) is 6.04 Å². The van der Waals surface area contributed by atoms with Crippen LogP contribution < -0.4 is 0 Å². The maximum Gasteiger partial charge on any atom is 0.328 e. The van der Waals surface area contributed by atoms with Crippen molar-refractivity contribution in [1.29, 1.82) is 0 Å². The first-order valence-corrected chi connectivity index (χ1v) is 6.80. The average Bonchev–Trinajstić information content (AvgIpc) is 2.47. The van der Waals surface area contributed by atoms with Crippen molar-refractivity contribution in [3.63, 3.8) is 0 Å². The topological polar surface area (TPSA) is 66.8 Å². The highest BCUT2D eigenvalue weighted by Crippen LogP contribution is 2.14. The van der Waals surface area contributed by atoms with Gasteiger partial charge in [0.05, 0.1) is 19.6 Å². The van der Waals surface area contributed by atoms with E-state index in [2.05, 4.69) is 0 Å². The summed E-state index contributed by atoms with van der Waals surface area (Å²) >= 11 is 0. The zero-order valence-electron chi connectivity index (χ0n) is 11.5. The molecule has 1 unspecified atom stereocenters.